The van der Waals surface area contributed by atoms with Gasteiger partial charge in [-0.3, -0.25) is 19.8 Å². The van der Waals surface area contributed by atoms with Crippen LogP contribution in [0.2, 0.25) is 0 Å². The molecule has 2 N–H and O–H groups in total. The molecular formula is C17H24N4O4. The molecule has 1 aromatic heterocycles. The molecule has 1 saturated carbocycles. The molecule has 136 valence electrons. The summed E-state index contributed by atoms with van der Waals surface area (Å²) in [5.74, 6) is -0.124. The number of carbonyl (C=O) groups excluding carboxylic acids is 3. The van der Waals surface area contributed by atoms with Crippen LogP contribution < -0.4 is 10.6 Å². The predicted molar refractivity (Wildman–Crippen MR) is 90.0 cm³/mol. The summed E-state index contributed by atoms with van der Waals surface area (Å²) >= 11 is 0. The van der Waals surface area contributed by atoms with E-state index in [1.54, 1.807) is 17.0 Å². The molecule has 1 saturated heterocycles. The van der Waals surface area contributed by atoms with Gasteiger partial charge in [-0.1, -0.05) is 12.8 Å². The highest BCUT2D eigenvalue weighted by molar-refractivity contribution is 5.95. The second-order valence-electron chi connectivity index (χ2n) is 6.55. The molecule has 0 bridgehead atoms. The number of hydrogen-bond donors (Lipinski definition) is 2. The van der Waals surface area contributed by atoms with Crippen LogP contribution in [0.25, 0.3) is 0 Å². The lowest BCUT2D eigenvalue weighted by Gasteiger charge is -2.33. The second-order valence-corrected chi connectivity index (χ2v) is 6.55. The molecule has 25 heavy (non-hydrogen) atoms. The highest BCUT2D eigenvalue weighted by Gasteiger charge is 2.25. The van der Waals surface area contributed by atoms with Crippen molar-refractivity contribution in [3.63, 3.8) is 0 Å². The van der Waals surface area contributed by atoms with Crippen molar-refractivity contribution in [2.45, 2.75) is 31.7 Å². The number of furan rings is 1. The minimum absolute atomic E-state index is 0.134. The lowest BCUT2D eigenvalue weighted by atomic mass is 10.2. The maximum Gasteiger partial charge on any atom is 0.321 e. The molecule has 0 radical (unpaired) electrons. The third kappa shape index (κ3) is 4.82. The number of amides is 4. The van der Waals surface area contributed by atoms with Crippen molar-refractivity contribution >= 4 is 17.8 Å². The number of hydrogen-bond acceptors (Lipinski definition) is 5. The number of nitrogens with one attached hydrogen (secondary N) is 2. The van der Waals surface area contributed by atoms with Crippen LogP contribution >= 0.6 is 0 Å². The number of piperazine rings is 1. The first-order valence-corrected chi connectivity index (χ1v) is 8.77. The topological polar surface area (TPSA) is 94.9 Å². The zero-order chi connectivity index (χ0) is 17.6. The van der Waals surface area contributed by atoms with Gasteiger partial charge in [0.25, 0.3) is 5.91 Å². The zero-order valence-electron chi connectivity index (χ0n) is 14.2. The third-order valence-electron chi connectivity index (χ3n) is 4.70. The van der Waals surface area contributed by atoms with Crippen LogP contribution in [-0.2, 0) is 4.79 Å². The number of carbonyl (C=O) groups is 3. The van der Waals surface area contributed by atoms with Gasteiger partial charge in [0.15, 0.2) is 5.76 Å². The van der Waals surface area contributed by atoms with Gasteiger partial charge in [-0.2, -0.15) is 0 Å². The Hall–Kier alpha value is -2.35. The van der Waals surface area contributed by atoms with Gasteiger partial charge < -0.3 is 14.6 Å². The summed E-state index contributed by atoms with van der Waals surface area (Å²) < 4.78 is 5.12. The summed E-state index contributed by atoms with van der Waals surface area (Å²) in [6, 6.07) is 3.10. The number of imide groups is 1. The van der Waals surface area contributed by atoms with E-state index in [1.165, 1.54) is 6.26 Å². The first kappa shape index (κ1) is 17.5. The van der Waals surface area contributed by atoms with E-state index in [4.69, 9.17) is 4.42 Å². The molecular weight excluding hydrogens is 324 g/mol. The SMILES string of the molecule is O=C(CN1CCN(C(=O)c2ccco2)CC1)NC(=O)NC1CCCC1. The average molecular weight is 348 g/mol. The third-order valence-corrected chi connectivity index (χ3v) is 4.70. The zero-order valence-corrected chi connectivity index (χ0v) is 14.2. The van der Waals surface area contributed by atoms with E-state index in [9.17, 15) is 14.4 Å². The molecule has 4 amide bonds. The van der Waals surface area contributed by atoms with Gasteiger partial charge in [0, 0.05) is 32.2 Å². The molecule has 8 heteroatoms. The van der Waals surface area contributed by atoms with Gasteiger partial charge in [0.05, 0.1) is 12.8 Å². The Bertz CT molecular complexity index is 602. The second kappa shape index (κ2) is 8.15. The minimum Gasteiger partial charge on any atom is -0.459 e. The van der Waals surface area contributed by atoms with Crippen molar-refractivity contribution in [3.05, 3.63) is 24.2 Å². The predicted octanol–water partition coefficient (Wildman–Crippen LogP) is 0.806. The van der Waals surface area contributed by atoms with Gasteiger partial charge in [-0.05, 0) is 25.0 Å². The highest BCUT2D eigenvalue weighted by atomic mass is 16.3. The molecule has 3 rings (SSSR count). The van der Waals surface area contributed by atoms with Gasteiger partial charge in [0.2, 0.25) is 5.91 Å². The number of rotatable bonds is 4. The van der Waals surface area contributed by atoms with Crippen molar-refractivity contribution in [2.75, 3.05) is 32.7 Å². The lowest BCUT2D eigenvalue weighted by Crippen LogP contribution is -2.52. The molecule has 0 atom stereocenters. The van der Waals surface area contributed by atoms with Crippen LogP contribution in [-0.4, -0.2) is 66.4 Å². The maximum atomic E-state index is 12.2. The fraction of sp³-hybridized carbons (Fsp3) is 0.588. The van der Waals surface area contributed by atoms with Crippen LogP contribution in [0.15, 0.2) is 22.8 Å². The van der Waals surface area contributed by atoms with Crippen molar-refractivity contribution < 1.29 is 18.8 Å². The summed E-state index contributed by atoms with van der Waals surface area (Å²) in [5.41, 5.74) is 0. The van der Waals surface area contributed by atoms with Crippen molar-refractivity contribution in [2.24, 2.45) is 0 Å². The van der Waals surface area contributed by atoms with Gasteiger partial charge in [-0.25, -0.2) is 4.79 Å². The van der Waals surface area contributed by atoms with E-state index in [2.05, 4.69) is 10.6 Å². The van der Waals surface area contributed by atoms with E-state index in [1.807, 2.05) is 4.90 Å². The maximum absolute atomic E-state index is 12.2. The standard InChI is InChI=1S/C17H24N4O4/c22-15(19-17(24)18-13-4-1-2-5-13)12-20-7-9-21(10-8-20)16(23)14-6-3-11-25-14/h3,6,11,13H,1-2,4-5,7-10,12H2,(H2,18,19,22,24). The Kier molecular flexibility index (Phi) is 5.70. The molecule has 8 nitrogen and oxygen atoms in total. The Morgan fingerprint density at radius 2 is 1.84 bits per heavy atom. The van der Waals surface area contributed by atoms with Gasteiger partial charge in [-0.15, -0.1) is 0 Å². The van der Waals surface area contributed by atoms with E-state index in [0.717, 1.165) is 25.7 Å². The lowest BCUT2D eigenvalue weighted by molar-refractivity contribution is -0.121. The van der Waals surface area contributed by atoms with E-state index >= 15 is 0 Å². The number of urea groups is 1. The fourth-order valence-electron chi connectivity index (χ4n) is 3.33. The van der Waals surface area contributed by atoms with Crippen LogP contribution in [0.5, 0.6) is 0 Å². The summed E-state index contributed by atoms with van der Waals surface area (Å²) in [4.78, 5) is 39.6. The smallest absolute Gasteiger partial charge is 0.321 e. The first-order chi connectivity index (χ1) is 12.1. The molecule has 0 aromatic carbocycles. The van der Waals surface area contributed by atoms with E-state index < -0.39 is 6.03 Å². The van der Waals surface area contributed by atoms with Gasteiger partial charge >= 0.3 is 6.03 Å². The van der Waals surface area contributed by atoms with Crippen molar-refractivity contribution in [3.8, 4) is 0 Å². The first-order valence-electron chi connectivity index (χ1n) is 8.77. The molecule has 2 fully saturated rings. The fourth-order valence-corrected chi connectivity index (χ4v) is 3.33. The largest absolute Gasteiger partial charge is 0.459 e. The van der Waals surface area contributed by atoms with Crippen LogP contribution in [0.4, 0.5) is 4.79 Å². The van der Waals surface area contributed by atoms with Crippen molar-refractivity contribution in [1.29, 1.82) is 0 Å². The van der Waals surface area contributed by atoms with Crippen LogP contribution in [0.1, 0.15) is 36.2 Å². The van der Waals surface area contributed by atoms with E-state index in [-0.39, 0.29) is 24.4 Å². The molecule has 0 unspecified atom stereocenters. The molecule has 1 aliphatic carbocycles. The Morgan fingerprint density at radius 3 is 2.48 bits per heavy atom. The highest BCUT2D eigenvalue weighted by Crippen LogP contribution is 2.17. The minimum atomic E-state index is -0.413. The molecule has 2 aliphatic rings. The van der Waals surface area contributed by atoms with Gasteiger partial charge in [0.1, 0.15) is 0 Å². The van der Waals surface area contributed by atoms with Crippen LogP contribution in [0, 0.1) is 0 Å². The molecule has 2 heterocycles. The van der Waals surface area contributed by atoms with Crippen LogP contribution in [0.3, 0.4) is 0 Å². The molecule has 0 spiro atoms. The Balaban J connectivity index is 1.37. The average Bonchev–Trinajstić information content (AvgIpc) is 3.28. The Labute approximate surface area is 146 Å². The van der Waals surface area contributed by atoms with Crippen molar-refractivity contribution in [1.82, 2.24) is 20.4 Å². The summed E-state index contributed by atoms with van der Waals surface area (Å²) in [7, 11) is 0. The summed E-state index contributed by atoms with van der Waals surface area (Å²) in [5, 5.41) is 5.22. The molecule has 1 aliphatic heterocycles. The number of nitrogens with zero attached hydrogens (tertiary/aromatic N) is 2. The summed E-state index contributed by atoms with van der Waals surface area (Å²) in [6.07, 6.45) is 5.69. The normalized spacial score (nSPS) is 19.0. The summed E-state index contributed by atoms with van der Waals surface area (Å²) in [6.45, 7) is 2.39. The van der Waals surface area contributed by atoms with E-state index in [0.29, 0.717) is 31.9 Å². The monoisotopic (exact) mass is 348 g/mol. The molecule has 1 aromatic rings. The Morgan fingerprint density at radius 1 is 1.12 bits per heavy atom. The quantitative estimate of drug-likeness (QED) is 0.839.